The lowest BCUT2D eigenvalue weighted by atomic mass is 9.98. The van der Waals surface area contributed by atoms with Gasteiger partial charge in [-0.1, -0.05) is 43.7 Å². The molecule has 1 fully saturated rings. The van der Waals surface area contributed by atoms with Crippen molar-refractivity contribution >= 4 is 11.8 Å². The molecule has 1 aliphatic rings. The zero-order valence-corrected chi connectivity index (χ0v) is 14.7. The molecule has 21 heavy (non-hydrogen) atoms. The third-order valence-corrected chi connectivity index (χ3v) is 5.69. The van der Waals surface area contributed by atoms with Gasteiger partial charge in [-0.3, -0.25) is 4.90 Å². The number of benzene rings is 1. The maximum absolute atomic E-state index is 3.75. The van der Waals surface area contributed by atoms with E-state index in [2.05, 4.69) is 67.6 Å². The molecule has 1 saturated heterocycles. The number of thioether (sulfide) groups is 1. The molecule has 2 nitrogen and oxygen atoms in total. The number of nitrogens with zero attached hydrogens (tertiary/aromatic N) is 1. The summed E-state index contributed by atoms with van der Waals surface area (Å²) in [6.07, 6.45) is 4.76. The van der Waals surface area contributed by atoms with Crippen molar-refractivity contribution in [1.82, 2.24) is 10.2 Å². The van der Waals surface area contributed by atoms with Gasteiger partial charge in [0.1, 0.15) is 0 Å². The minimum atomic E-state index is 0.307. The van der Waals surface area contributed by atoms with Crippen LogP contribution in [-0.4, -0.2) is 41.6 Å². The van der Waals surface area contributed by atoms with Gasteiger partial charge >= 0.3 is 0 Å². The van der Waals surface area contributed by atoms with Crippen LogP contribution in [-0.2, 0) is 0 Å². The van der Waals surface area contributed by atoms with Gasteiger partial charge in [0.15, 0.2) is 0 Å². The largest absolute Gasteiger partial charge is 0.311 e. The lowest BCUT2D eigenvalue weighted by molar-refractivity contribution is 0.118. The highest BCUT2D eigenvalue weighted by atomic mass is 32.2. The molecular weight excluding hydrogens is 276 g/mol. The van der Waals surface area contributed by atoms with E-state index >= 15 is 0 Å². The zero-order valence-electron chi connectivity index (χ0n) is 13.9. The summed E-state index contributed by atoms with van der Waals surface area (Å²) in [5.74, 6) is 0. The van der Waals surface area contributed by atoms with Gasteiger partial charge in [0.2, 0.25) is 0 Å². The number of hydrogen-bond acceptors (Lipinski definition) is 3. The quantitative estimate of drug-likeness (QED) is 0.857. The molecule has 1 N–H and O–H groups in total. The third-order valence-electron chi connectivity index (χ3n) is 4.45. The molecule has 0 bridgehead atoms. The molecule has 0 saturated carbocycles. The fraction of sp³-hybridized carbons (Fsp3) is 0.667. The molecule has 0 spiro atoms. The number of piperazine rings is 1. The van der Waals surface area contributed by atoms with Crippen molar-refractivity contribution in [2.24, 2.45) is 0 Å². The molecule has 3 heteroatoms. The monoisotopic (exact) mass is 306 g/mol. The average Bonchev–Trinajstić information content (AvgIpc) is 2.48. The Bertz CT molecular complexity index is 418. The Morgan fingerprint density at radius 2 is 2.00 bits per heavy atom. The van der Waals surface area contributed by atoms with E-state index in [4.69, 9.17) is 0 Å². The molecule has 2 unspecified atom stereocenters. The Labute approximate surface area is 134 Å². The van der Waals surface area contributed by atoms with Gasteiger partial charge < -0.3 is 5.32 Å². The number of nitrogens with one attached hydrogen (secondary N) is 1. The molecule has 1 aromatic rings. The van der Waals surface area contributed by atoms with E-state index in [1.54, 1.807) is 0 Å². The van der Waals surface area contributed by atoms with Crippen molar-refractivity contribution in [2.45, 2.75) is 50.4 Å². The summed E-state index contributed by atoms with van der Waals surface area (Å²) in [6, 6.07) is 12.1. The second-order valence-electron chi connectivity index (χ2n) is 6.71. The molecule has 1 aliphatic heterocycles. The van der Waals surface area contributed by atoms with E-state index in [9.17, 15) is 0 Å². The first-order valence-electron chi connectivity index (χ1n) is 8.13. The van der Waals surface area contributed by atoms with Gasteiger partial charge in [0, 0.05) is 36.5 Å². The average molecular weight is 307 g/mol. The first-order valence-corrected chi connectivity index (χ1v) is 9.35. The lowest BCUT2D eigenvalue weighted by Gasteiger charge is -2.44. The Balaban J connectivity index is 2.14. The summed E-state index contributed by atoms with van der Waals surface area (Å²) < 4.78 is 0.307. The molecular formula is C18H30N2S. The predicted molar refractivity (Wildman–Crippen MR) is 95.0 cm³/mol. The second-order valence-corrected chi connectivity index (χ2v) is 8.23. The summed E-state index contributed by atoms with van der Waals surface area (Å²) in [5, 5.41) is 3.75. The van der Waals surface area contributed by atoms with Gasteiger partial charge in [-0.25, -0.2) is 0 Å². The minimum absolute atomic E-state index is 0.307. The highest BCUT2D eigenvalue weighted by Crippen LogP contribution is 2.30. The van der Waals surface area contributed by atoms with Crippen LogP contribution in [0.4, 0.5) is 0 Å². The molecule has 0 aromatic heterocycles. The summed E-state index contributed by atoms with van der Waals surface area (Å²) in [4.78, 5) is 2.70. The van der Waals surface area contributed by atoms with Crippen molar-refractivity contribution in [3.63, 3.8) is 0 Å². The fourth-order valence-corrected chi connectivity index (χ4v) is 3.45. The van der Waals surface area contributed by atoms with E-state index in [1.807, 2.05) is 11.8 Å². The second kappa shape index (κ2) is 7.66. The Kier molecular flexibility index (Phi) is 6.15. The van der Waals surface area contributed by atoms with Crippen molar-refractivity contribution in [3.05, 3.63) is 35.9 Å². The highest BCUT2D eigenvalue weighted by molar-refractivity contribution is 7.99. The highest BCUT2D eigenvalue weighted by Gasteiger charge is 2.32. The van der Waals surface area contributed by atoms with Gasteiger partial charge in [-0.15, -0.1) is 0 Å². The Morgan fingerprint density at radius 1 is 1.29 bits per heavy atom. The zero-order chi connectivity index (χ0) is 15.3. The molecule has 2 rings (SSSR count). The van der Waals surface area contributed by atoms with Crippen molar-refractivity contribution in [1.29, 1.82) is 0 Å². The van der Waals surface area contributed by atoms with E-state index in [1.165, 1.54) is 18.4 Å². The fourth-order valence-electron chi connectivity index (χ4n) is 3.16. The molecule has 0 amide bonds. The summed E-state index contributed by atoms with van der Waals surface area (Å²) in [6.45, 7) is 10.4. The van der Waals surface area contributed by atoms with Crippen molar-refractivity contribution < 1.29 is 0 Å². The van der Waals surface area contributed by atoms with Crippen molar-refractivity contribution in [2.75, 3.05) is 25.9 Å². The molecule has 2 atom stereocenters. The van der Waals surface area contributed by atoms with Gasteiger partial charge in [0.05, 0.1) is 0 Å². The summed E-state index contributed by atoms with van der Waals surface area (Å²) >= 11 is 1.97. The Hall–Kier alpha value is -0.510. The normalized spacial score (nSPS) is 24.2. The van der Waals surface area contributed by atoms with E-state index in [0.29, 0.717) is 16.8 Å². The van der Waals surface area contributed by atoms with Crippen LogP contribution in [0.1, 0.15) is 45.2 Å². The maximum atomic E-state index is 3.75. The van der Waals surface area contributed by atoms with Crippen LogP contribution >= 0.6 is 11.8 Å². The molecule has 1 aromatic carbocycles. The van der Waals surface area contributed by atoms with Gasteiger partial charge in [-0.05, 0) is 32.1 Å². The number of hydrogen-bond donors (Lipinski definition) is 1. The third kappa shape index (κ3) is 4.73. The Morgan fingerprint density at radius 3 is 2.62 bits per heavy atom. The van der Waals surface area contributed by atoms with Crippen LogP contribution in [0.25, 0.3) is 0 Å². The molecule has 1 heterocycles. The van der Waals surface area contributed by atoms with Gasteiger partial charge in [0.25, 0.3) is 0 Å². The lowest BCUT2D eigenvalue weighted by Crippen LogP contribution is -2.54. The standard InChI is InChI=1S/C18H30N2S/c1-5-9-16-13-20(14-18(2,3)21-4)17(12-19-16)15-10-7-6-8-11-15/h6-8,10-11,16-17,19H,5,9,12-14H2,1-4H3. The van der Waals surface area contributed by atoms with Crippen LogP contribution in [0.15, 0.2) is 30.3 Å². The van der Waals surface area contributed by atoms with E-state index < -0.39 is 0 Å². The first kappa shape index (κ1) is 16.9. The van der Waals surface area contributed by atoms with Crippen molar-refractivity contribution in [3.8, 4) is 0 Å². The van der Waals surface area contributed by atoms with Crippen LogP contribution < -0.4 is 5.32 Å². The predicted octanol–water partition coefficient (Wildman–Crippen LogP) is 3.94. The molecule has 118 valence electrons. The van der Waals surface area contributed by atoms with Gasteiger partial charge in [-0.2, -0.15) is 11.8 Å². The SMILES string of the molecule is CCCC1CN(CC(C)(C)SC)C(c2ccccc2)CN1. The van der Waals surface area contributed by atoms with Crippen LogP contribution in [0.2, 0.25) is 0 Å². The molecule has 0 aliphatic carbocycles. The summed E-state index contributed by atoms with van der Waals surface area (Å²) in [7, 11) is 0. The van der Waals surface area contributed by atoms with Crippen LogP contribution in [0.3, 0.4) is 0 Å². The molecule has 0 radical (unpaired) electrons. The minimum Gasteiger partial charge on any atom is -0.311 e. The van der Waals surface area contributed by atoms with Crippen LogP contribution in [0, 0.1) is 0 Å². The topological polar surface area (TPSA) is 15.3 Å². The smallest absolute Gasteiger partial charge is 0.0474 e. The maximum Gasteiger partial charge on any atom is 0.0474 e. The van der Waals surface area contributed by atoms with Crippen LogP contribution in [0.5, 0.6) is 0 Å². The summed E-state index contributed by atoms with van der Waals surface area (Å²) in [5.41, 5.74) is 1.44. The number of rotatable bonds is 6. The van der Waals surface area contributed by atoms with E-state index in [0.717, 1.165) is 19.6 Å². The van der Waals surface area contributed by atoms with E-state index in [-0.39, 0.29) is 0 Å². The first-order chi connectivity index (χ1) is 10.1.